The molecule has 0 saturated heterocycles. The van der Waals surface area contributed by atoms with Crippen molar-refractivity contribution in [3.05, 3.63) is 59.9 Å². The number of rotatable bonds is 4. The highest BCUT2D eigenvalue weighted by atomic mass is 16.5. The summed E-state index contributed by atoms with van der Waals surface area (Å²) in [4.78, 5) is 4.05. The number of methoxy groups -OCH3 is 1. The van der Waals surface area contributed by atoms with Crippen molar-refractivity contribution in [3.63, 3.8) is 0 Å². The Morgan fingerprint density at radius 1 is 1.22 bits per heavy atom. The predicted molar refractivity (Wildman–Crippen MR) is 75.4 cm³/mol. The van der Waals surface area contributed by atoms with Crippen LogP contribution >= 0.6 is 0 Å². The van der Waals surface area contributed by atoms with Crippen LogP contribution in [0.1, 0.15) is 24.5 Å². The lowest BCUT2D eigenvalue weighted by Crippen LogP contribution is -1.85. The second-order valence-electron chi connectivity index (χ2n) is 4.04. The molecule has 0 saturated carbocycles. The van der Waals surface area contributed by atoms with Crippen molar-refractivity contribution in [1.29, 1.82) is 0 Å². The van der Waals surface area contributed by atoms with Crippen molar-refractivity contribution in [2.45, 2.75) is 13.3 Å². The zero-order chi connectivity index (χ0) is 12.8. The lowest BCUT2D eigenvalue weighted by Gasteiger charge is -2.06. The molecule has 0 aliphatic carbocycles. The van der Waals surface area contributed by atoms with E-state index >= 15 is 0 Å². The van der Waals surface area contributed by atoms with E-state index in [-0.39, 0.29) is 0 Å². The van der Waals surface area contributed by atoms with Crippen LogP contribution < -0.4 is 4.74 Å². The molecule has 1 heterocycles. The maximum absolute atomic E-state index is 5.24. The van der Waals surface area contributed by atoms with Crippen molar-refractivity contribution in [1.82, 2.24) is 4.98 Å². The number of allylic oxidation sites excluding steroid dienone is 1. The molecule has 0 aliphatic heterocycles. The lowest BCUT2D eigenvalue weighted by molar-refractivity contribution is 0.414. The summed E-state index contributed by atoms with van der Waals surface area (Å²) in [7, 11) is 1.69. The highest BCUT2D eigenvalue weighted by Crippen LogP contribution is 2.22. The molecule has 2 rings (SSSR count). The summed E-state index contributed by atoms with van der Waals surface area (Å²) in [6.45, 7) is 2.16. The van der Waals surface area contributed by atoms with Gasteiger partial charge in [0.2, 0.25) is 0 Å². The first-order chi connectivity index (χ1) is 8.83. The van der Waals surface area contributed by atoms with Gasteiger partial charge >= 0.3 is 0 Å². The monoisotopic (exact) mass is 239 g/mol. The molecule has 1 aromatic heterocycles. The minimum absolute atomic E-state index is 0.883. The largest absolute Gasteiger partial charge is 0.497 e. The Balaban J connectivity index is 2.34. The summed E-state index contributed by atoms with van der Waals surface area (Å²) < 4.78 is 5.24. The molecule has 2 nitrogen and oxygen atoms in total. The van der Waals surface area contributed by atoms with Gasteiger partial charge in [-0.1, -0.05) is 25.1 Å². The van der Waals surface area contributed by atoms with Crippen LogP contribution in [-0.4, -0.2) is 12.1 Å². The van der Waals surface area contributed by atoms with Crippen LogP contribution in [0.25, 0.3) is 11.6 Å². The lowest BCUT2D eigenvalue weighted by atomic mass is 10.0. The van der Waals surface area contributed by atoms with E-state index in [0.29, 0.717) is 0 Å². The highest BCUT2D eigenvalue weighted by Gasteiger charge is 2.00. The van der Waals surface area contributed by atoms with Crippen molar-refractivity contribution in [2.75, 3.05) is 7.11 Å². The van der Waals surface area contributed by atoms with Gasteiger partial charge in [0.1, 0.15) is 5.75 Å². The van der Waals surface area contributed by atoms with Crippen LogP contribution in [-0.2, 0) is 0 Å². The fraction of sp³-hybridized carbons (Fsp3) is 0.188. The van der Waals surface area contributed by atoms with Gasteiger partial charge in [-0.15, -0.1) is 0 Å². The van der Waals surface area contributed by atoms with E-state index in [9.17, 15) is 0 Å². The van der Waals surface area contributed by atoms with E-state index in [1.165, 1.54) is 11.1 Å². The first-order valence-corrected chi connectivity index (χ1v) is 6.08. The van der Waals surface area contributed by atoms with Crippen molar-refractivity contribution in [2.24, 2.45) is 0 Å². The van der Waals surface area contributed by atoms with Crippen LogP contribution in [0.15, 0.2) is 48.8 Å². The van der Waals surface area contributed by atoms with Crippen LogP contribution in [0.2, 0.25) is 0 Å². The molecule has 1 aromatic carbocycles. The van der Waals surface area contributed by atoms with E-state index in [2.05, 4.69) is 24.1 Å². The molecule has 0 unspecified atom stereocenters. The van der Waals surface area contributed by atoms with Gasteiger partial charge in [-0.2, -0.15) is 0 Å². The van der Waals surface area contributed by atoms with E-state index in [4.69, 9.17) is 4.74 Å². The highest BCUT2D eigenvalue weighted by molar-refractivity contribution is 5.81. The van der Waals surface area contributed by atoms with Crippen LogP contribution in [0, 0.1) is 0 Å². The van der Waals surface area contributed by atoms with Gasteiger partial charge in [-0.05, 0) is 47.4 Å². The Morgan fingerprint density at radius 2 is 2.00 bits per heavy atom. The summed E-state index contributed by atoms with van der Waals surface area (Å²) in [5.41, 5.74) is 3.67. The summed E-state index contributed by atoms with van der Waals surface area (Å²) in [5, 5.41) is 0. The van der Waals surface area contributed by atoms with Crippen LogP contribution in [0.5, 0.6) is 5.75 Å². The minimum Gasteiger partial charge on any atom is -0.497 e. The number of hydrogen-bond acceptors (Lipinski definition) is 2. The SMILES string of the molecule is CC/C(=C\c1cccc(OC)c1)c1ccncc1. The summed E-state index contributed by atoms with van der Waals surface area (Å²) >= 11 is 0. The number of benzene rings is 1. The molecule has 2 aromatic rings. The second-order valence-corrected chi connectivity index (χ2v) is 4.04. The third kappa shape index (κ3) is 2.98. The number of hydrogen-bond donors (Lipinski definition) is 0. The Bertz CT molecular complexity index is 532. The van der Waals surface area contributed by atoms with Crippen LogP contribution in [0.4, 0.5) is 0 Å². The molecule has 0 amide bonds. The molecule has 2 heteroatoms. The second kappa shape index (κ2) is 6.01. The number of ether oxygens (including phenoxy) is 1. The Kier molecular flexibility index (Phi) is 4.13. The van der Waals surface area contributed by atoms with E-state index in [1.54, 1.807) is 7.11 Å². The quantitative estimate of drug-likeness (QED) is 0.803. The molecule has 0 fully saturated rings. The molecular formula is C16H17NO. The summed E-state index contributed by atoms with van der Waals surface area (Å²) in [6.07, 6.45) is 6.83. The zero-order valence-electron chi connectivity index (χ0n) is 10.8. The third-order valence-corrected chi connectivity index (χ3v) is 2.87. The Morgan fingerprint density at radius 3 is 2.67 bits per heavy atom. The molecule has 0 radical (unpaired) electrons. The number of pyridine rings is 1. The molecule has 0 aliphatic rings. The third-order valence-electron chi connectivity index (χ3n) is 2.87. The fourth-order valence-corrected chi connectivity index (χ4v) is 1.89. The summed E-state index contributed by atoms with van der Waals surface area (Å²) in [6, 6.07) is 12.2. The molecule has 92 valence electrons. The van der Waals surface area contributed by atoms with Gasteiger partial charge in [0.25, 0.3) is 0 Å². The Labute approximate surface area is 108 Å². The topological polar surface area (TPSA) is 22.1 Å². The van der Waals surface area contributed by atoms with Gasteiger partial charge in [0.05, 0.1) is 7.11 Å². The molecular weight excluding hydrogens is 222 g/mol. The molecule has 0 N–H and O–H groups in total. The molecule has 0 spiro atoms. The van der Waals surface area contributed by atoms with Crippen molar-refractivity contribution >= 4 is 11.6 Å². The smallest absolute Gasteiger partial charge is 0.119 e. The van der Waals surface area contributed by atoms with Crippen LogP contribution in [0.3, 0.4) is 0 Å². The normalized spacial score (nSPS) is 11.3. The Hall–Kier alpha value is -2.09. The maximum atomic E-state index is 5.24. The first kappa shape index (κ1) is 12.4. The zero-order valence-corrected chi connectivity index (χ0v) is 10.8. The van der Waals surface area contributed by atoms with Gasteiger partial charge in [0, 0.05) is 12.4 Å². The van der Waals surface area contributed by atoms with Gasteiger partial charge < -0.3 is 4.74 Å². The van der Waals surface area contributed by atoms with Gasteiger partial charge in [0.15, 0.2) is 0 Å². The standard InChI is InChI=1S/C16H17NO/c1-3-14(15-7-9-17-10-8-15)11-13-5-4-6-16(12-13)18-2/h4-12H,3H2,1-2H3/b14-11+. The average Bonchev–Trinajstić information content (AvgIpc) is 2.46. The molecule has 18 heavy (non-hydrogen) atoms. The summed E-state index contributed by atoms with van der Waals surface area (Å²) in [5.74, 6) is 0.883. The van der Waals surface area contributed by atoms with Crippen molar-refractivity contribution in [3.8, 4) is 5.75 Å². The molecule has 0 atom stereocenters. The average molecular weight is 239 g/mol. The van der Waals surface area contributed by atoms with Gasteiger partial charge in [-0.25, -0.2) is 0 Å². The van der Waals surface area contributed by atoms with E-state index < -0.39 is 0 Å². The molecule has 0 bridgehead atoms. The van der Waals surface area contributed by atoms with E-state index in [1.807, 2.05) is 42.7 Å². The van der Waals surface area contributed by atoms with Gasteiger partial charge in [-0.3, -0.25) is 4.98 Å². The fourth-order valence-electron chi connectivity index (χ4n) is 1.89. The minimum atomic E-state index is 0.883. The first-order valence-electron chi connectivity index (χ1n) is 6.08. The maximum Gasteiger partial charge on any atom is 0.119 e. The predicted octanol–water partition coefficient (Wildman–Crippen LogP) is 4.04. The number of aromatic nitrogens is 1. The number of nitrogens with zero attached hydrogens (tertiary/aromatic N) is 1. The van der Waals surface area contributed by atoms with Crippen molar-refractivity contribution < 1.29 is 4.74 Å². The van der Waals surface area contributed by atoms with E-state index in [0.717, 1.165) is 17.7 Å².